The van der Waals surface area contributed by atoms with Crippen molar-refractivity contribution in [3.8, 4) is 33.5 Å². The molecular formula is C25H23F3N4O4S. The number of alkyl halides is 3. The number of nitrogens with zero attached hydrogens (tertiary/aromatic N) is 2. The number of hydrogen-bond donors (Lipinski definition) is 2. The van der Waals surface area contributed by atoms with Gasteiger partial charge in [0.25, 0.3) is 0 Å². The molecule has 2 heterocycles. The molecule has 1 aliphatic rings. The molecule has 0 atom stereocenters. The highest BCUT2D eigenvalue weighted by atomic mass is 32.1. The number of nitrogens with one attached hydrogen (secondary N) is 2. The SMILES string of the molecule is COc1cc(OCc2sc(-c3ccc(C(F)(F)F)cc3)nc2CNCC2CC2)ccc1-c1noc(=O)[nH]1. The second kappa shape index (κ2) is 10.4. The van der Waals surface area contributed by atoms with Crippen LogP contribution >= 0.6 is 11.3 Å². The Hall–Kier alpha value is -3.64. The summed E-state index contributed by atoms with van der Waals surface area (Å²) < 4.78 is 54.9. The average molecular weight is 533 g/mol. The molecule has 1 aliphatic carbocycles. The Labute approximate surface area is 213 Å². The first-order valence-electron chi connectivity index (χ1n) is 11.5. The van der Waals surface area contributed by atoms with Crippen LogP contribution in [-0.2, 0) is 19.3 Å². The molecule has 0 spiro atoms. The lowest BCUT2D eigenvalue weighted by atomic mass is 10.1. The Kier molecular flexibility index (Phi) is 7.02. The van der Waals surface area contributed by atoms with E-state index in [1.807, 2.05) is 0 Å². The van der Waals surface area contributed by atoms with Gasteiger partial charge in [0.05, 0.1) is 28.8 Å². The normalized spacial score (nSPS) is 13.6. The monoisotopic (exact) mass is 532 g/mol. The van der Waals surface area contributed by atoms with Gasteiger partial charge in [-0.2, -0.15) is 13.2 Å². The van der Waals surface area contributed by atoms with Crippen molar-refractivity contribution in [3.05, 3.63) is 69.1 Å². The maximum atomic E-state index is 13.0. The Morgan fingerprint density at radius 2 is 1.97 bits per heavy atom. The third kappa shape index (κ3) is 6.03. The zero-order valence-corrected chi connectivity index (χ0v) is 20.5. The lowest BCUT2D eigenvalue weighted by Crippen LogP contribution is -2.17. The van der Waals surface area contributed by atoms with Crippen molar-refractivity contribution < 1.29 is 27.2 Å². The van der Waals surface area contributed by atoms with Gasteiger partial charge in [0, 0.05) is 18.2 Å². The highest BCUT2D eigenvalue weighted by molar-refractivity contribution is 7.15. The molecule has 5 rings (SSSR count). The molecule has 0 saturated heterocycles. The zero-order chi connectivity index (χ0) is 26.0. The summed E-state index contributed by atoms with van der Waals surface area (Å²) in [5.41, 5.74) is 1.24. The highest BCUT2D eigenvalue weighted by Crippen LogP contribution is 2.35. The maximum Gasteiger partial charge on any atom is 0.439 e. The molecule has 37 heavy (non-hydrogen) atoms. The van der Waals surface area contributed by atoms with Crippen molar-refractivity contribution in [2.75, 3.05) is 13.7 Å². The summed E-state index contributed by atoms with van der Waals surface area (Å²) >= 11 is 1.38. The van der Waals surface area contributed by atoms with Gasteiger partial charge in [-0.05, 0) is 49.6 Å². The molecule has 8 nitrogen and oxygen atoms in total. The van der Waals surface area contributed by atoms with Crippen LogP contribution in [0, 0.1) is 5.92 Å². The molecule has 2 aromatic carbocycles. The molecule has 12 heteroatoms. The maximum absolute atomic E-state index is 13.0. The number of halogens is 3. The Morgan fingerprint density at radius 3 is 2.62 bits per heavy atom. The zero-order valence-electron chi connectivity index (χ0n) is 19.7. The molecule has 4 aromatic rings. The van der Waals surface area contributed by atoms with Crippen LogP contribution in [0.1, 0.15) is 29.0 Å². The van der Waals surface area contributed by atoms with Crippen LogP contribution in [0.5, 0.6) is 11.5 Å². The van der Waals surface area contributed by atoms with Crippen LogP contribution in [0.2, 0.25) is 0 Å². The van der Waals surface area contributed by atoms with E-state index >= 15 is 0 Å². The molecule has 0 aliphatic heterocycles. The molecule has 0 bridgehead atoms. The fourth-order valence-corrected chi connectivity index (χ4v) is 4.72. The lowest BCUT2D eigenvalue weighted by molar-refractivity contribution is -0.137. The highest BCUT2D eigenvalue weighted by Gasteiger charge is 2.30. The quantitative estimate of drug-likeness (QED) is 0.287. The largest absolute Gasteiger partial charge is 0.496 e. The van der Waals surface area contributed by atoms with E-state index < -0.39 is 17.5 Å². The van der Waals surface area contributed by atoms with E-state index in [1.54, 1.807) is 18.2 Å². The van der Waals surface area contributed by atoms with Crippen molar-refractivity contribution in [3.63, 3.8) is 0 Å². The van der Waals surface area contributed by atoms with Crippen molar-refractivity contribution in [2.45, 2.75) is 32.2 Å². The van der Waals surface area contributed by atoms with Crippen LogP contribution in [0.15, 0.2) is 51.8 Å². The number of rotatable bonds is 10. The summed E-state index contributed by atoms with van der Waals surface area (Å²) in [7, 11) is 1.49. The van der Waals surface area contributed by atoms with E-state index in [2.05, 4.69) is 20.0 Å². The predicted molar refractivity (Wildman–Crippen MR) is 130 cm³/mol. The van der Waals surface area contributed by atoms with Crippen molar-refractivity contribution in [1.82, 2.24) is 20.4 Å². The van der Waals surface area contributed by atoms with Gasteiger partial charge in [-0.3, -0.25) is 9.51 Å². The molecule has 0 unspecified atom stereocenters. The number of hydrogen-bond acceptors (Lipinski definition) is 8. The second-order valence-electron chi connectivity index (χ2n) is 8.63. The molecule has 2 N–H and O–H groups in total. The summed E-state index contributed by atoms with van der Waals surface area (Å²) in [6.07, 6.45) is -1.95. The second-order valence-corrected chi connectivity index (χ2v) is 9.72. The Bertz CT molecular complexity index is 1420. The Morgan fingerprint density at radius 1 is 1.19 bits per heavy atom. The number of benzene rings is 2. The van der Waals surface area contributed by atoms with Crippen LogP contribution in [0.25, 0.3) is 22.0 Å². The third-order valence-electron chi connectivity index (χ3n) is 5.90. The van der Waals surface area contributed by atoms with Gasteiger partial charge in [-0.1, -0.05) is 17.3 Å². The fourth-order valence-electron chi connectivity index (χ4n) is 3.73. The standard InChI is InChI=1S/C25H23F3N4O4S/c1-34-20-10-17(8-9-18(20)22-31-24(33)36-32-22)35-13-21-19(12-29-11-14-2-3-14)30-23(37-21)15-4-6-16(7-5-15)25(26,27)28/h4-10,14,29H,2-3,11-13H2,1H3,(H,31,32,33). The van der Waals surface area contributed by atoms with Gasteiger partial charge in [0.2, 0.25) is 0 Å². The van der Waals surface area contributed by atoms with Gasteiger partial charge < -0.3 is 14.8 Å². The number of aromatic nitrogens is 3. The number of aromatic amines is 1. The first-order valence-corrected chi connectivity index (χ1v) is 12.4. The van der Waals surface area contributed by atoms with Crippen LogP contribution < -0.4 is 20.5 Å². The minimum absolute atomic E-state index is 0.210. The van der Waals surface area contributed by atoms with E-state index in [9.17, 15) is 18.0 Å². The van der Waals surface area contributed by atoms with E-state index in [1.165, 1.54) is 43.4 Å². The first kappa shape index (κ1) is 25.0. The molecular weight excluding hydrogens is 509 g/mol. The first-order chi connectivity index (χ1) is 17.8. The molecule has 1 saturated carbocycles. The molecule has 194 valence electrons. The fraction of sp³-hybridized carbons (Fsp3) is 0.320. The molecule has 0 radical (unpaired) electrons. The van der Waals surface area contributed by atoms with Crippen molar-refractivity contribution in [1.29, 1.82) is 0 Å². The molecule has 2 aromatic heterocycles. The molecule has 1 fully saturated rings. The van der Waals surface area contributed by atoms with Gasteiger partial charge in [0.1, 0.15) is 23.1 Å². The number of thiazole rings is 1. The summed E-state index contributed by atoms with van der Waals surface area (Å²) in [6, 6.07) is 10.1. The van der Waals surface area contributed by atoms with Crippen molar-refractivity contribution >= 4 is 11.3 Å². The summed E-state index contributed by atoms with van der Waals surface area (Å²) in [6.45, 7) is 1.65. The molecule has 0 amide bonds. The van der Waals surface area contributed by atoms with E-state index in [4.69, 9.17) is 14.5 Å². The summed E-state index contributed by atoms with van der Waals surface area (Å²) in [4.78, 5) is 19.3. The van der Waals surface area contributed by atoms with Crippen LogP contribution in [-0.4, -0.2) is 28.8 Å². The van der Waals surface area contributed by atoms with Gasteiger partial charge in [-0.25, -0.2) is 9.78 Å². The topological polar surface area (TPSA) is 102 Å². The van der Waals surface area contributed by atoms with Crippen LogP contribution in [0.3, 0.4) is 0 Å². The van der Waals surface area contributed by atoms with E-state index in [-0.39, 0.29) is 12.4 Å². The number of H-pyrrole nitrogens is 1. The predicted octanol–water partition coefficient (Wildman–Crippen LogP) is 5.26. The lowest BCUT2D eigenvalue weighted by Gasteiger charge is -2.10. The number of ether oxygens (including phenoxy) is 2. The van der Waals surface area contributed by atoms with E-state index in [0.717, 1.165) is 29.2 Å². The van der Waals surface area contributed by atoms with Gasteiger partial charge >= 0.3 is 11.9 Å². The summed E-state index contributed by atoms with van der Waals surface area (Å²) in [5.74, 6) is 1.21. The van der Waals surface area contributed by atoms with Crippen LogP contribution in [0.4, 0.5) is 13.2 Å². The minimum Gasteiger partial charge on any atom is -0.496 e. The van der Waals surface area contributed by atoms with Crippen molar-refractivity contribution in [2.24, 2.45) is 5.92 Å². The summed E-state index contributed by atoms with van der Waals surface area (Å²) in [5, 5.41) is 7.73. The minimum atomic E-state index is -4.39. The Balaban J connectivity index is 1.35. The van der Waals surface area contributed by atoms with E-state index in [0.29, 0.717) is 40.1 Å². The van der Waals surface area contributed by atoms with Gasteiger partial charge in [0.15, 0.2) is 5.82 Å². The van der Waals surface area contributed by atoms with Gasteiger partial charge in [-0.15, -0.1) is 11.3 Å². The average Bonchev–Trinajstić information content (AvgIpc) is 3.46. The third-order valence-corrected chi connectivity index (χ3v) is 7.02. The smallest absolute Gasteiger partial charge is 0.439 e. The number of methoxy groups -OCH3 is 1.